The van der Waals surface area contributed by atoms with Gasteiger partial charge in [-0.15, -0.1) is 0 Å². The van der Waals surface area contributed by atoms with E-state index < -0.39 is 0 Å². The van der Waals surface area contributed by atoms with Crippen molar-refractivity contribution < 1.29 is 4.79 Å². The molecule has 0 spiro atoms. The van der Waals surface area contributed by atoms with Gasteiger partial charge in [0.05, 0.1) is 11.7 Å². The summed E-state index contributed by atoms with van der Waals surface area (Å²) in [5.74, 6) is 1.22. The number of amides is 1. The first-order valence-electron chi connectivity index (χ1n) is 11.1. The van der Waals surface area contributed by atoms with Crippen molar-refractivity contribution in [1.29, 1.82) is 0 Å². The third-order valence-corrected chi connectivity index (χ3v) is 6.72. The molecule has 0 saturated carbocycles. The minimum absolute atomic E-state index is 0.0434. The summed E-state index contributed by atoms with van der Waals surface area (Å²) in [6.07, 6.45) is 3.52. The molecule has 1 fully saturated rings. The van der Waals surface area contributed by atoms with E-state index in [4.69, 9.17) is 38.9 Å². The molecule has 9 heteroatoms. The lowest BCUT2D eigenvalue weighted by atomic mass is 10.1. The summed E-state index contributed by atoms with van der Waals surface area (Å²) in [4.78, 5) is 24.1. The Morgan fingerprint density at radius 3 is 2.65 bits per heavy atom. The number of nitrogens with zero attached hydrogens (tertiary/aromatic N) is 4. The van der Waals surface area contributed by atoms with E-state index in [0.717, 1.165) is 35.0 Å². The van der Waals surface area contributed by atoms with E-state index in [1.807, 2.05) is 60.3 Å². The average molecular weight is 495 g/mol. The van der Waals surface area contributed by atoms with Gasteiger partial charge < -0.3 is 20.5 Å². The molecule has 174 valence electrons. The van der Waals surface area contributed by atoms with Crippen molar-refractivity contribution in [2.24, 2.45) is 12.8 Å². The van der Waals surface area contributed by atoms with Crippen LogP contribution in [0.15, 0.2) is 54.7 Å². The highest BCUT2D eigenvalue weighted by atomic mass is 35.5. The summed E-state index contributed by atoms with van der Waals surface area (Å²) in [6, 6.07) is 14.7. The molecular formula is C25H24Cl2N6O. The second-order valence-corrected chi connectivity index (χ2v) is 9.27. The molecule has 0 bridgehead atoms. The smallest absolute Gasteiger partial charge is 0.255 e. The Morgan fingerprint density at radius 1 is 1.15 bits per heavy atom. The predicted octanol–water partition coefficient (Wildman–Crippen LogP) is 5.08. The molecule has 0 aliphatic carbocycles. The molecule has 1 amide bonds. The number of halogens is 2. The lowest BCUT2D eigenvalue weighted by Crippen LogP contribution is -2.40. The first-order chi connectivity index (χ1) is 16.4. The molecule has 2 aromatic carbocycles. The Hall–Kier alpha value is -3.13. The maximum atomic E-state index is 12.8. The average Bonchev–Trinajstić information content (AvgIpc) is 3.43. The molecular weight excluding hydrogens is 471 g/mol. The zero-order valence-corrected chi connectivity index (χ0v) is 20.1. The number of hydrogen-bond acceptors (Lipinski definition) is 5. The highest BCUT2D eigenvalue weighted by molar-refractivity contribution is 6.35. The van der Waals surface area contributed by atoms with Crippen LogP contribution >= 0.6 is 23.2 Å². The van der Waals surface area contributed by atoms with Gasteiger partial charge in [-0.05, 0) is 48.7 Å². The van der Waals surface area contributed by atoms with Gasteiger partial charge in [0, 0.05) is 47.5 Å². The van der Waals surface area contributed by atoms with E-state index in [1.54, 1.807) is 11.0 Å². The lowest BCUT2D eigenvalue weighted by Gasteiger charge is -2.21. The molecule has 4 aromatic rings. The normalized spacial score (nSPS) is 15.8. The number of nitrogens with two attached hydrogens (primary N) is 1. The van der Waals surface area contributed by atoms with Gasteiger partial charge in [0.2, 0.25) is 0 Å². The number of carbonyl (C=O) groups excluding carboxylic acids is 1. The van der Waals surface area contributed by atoms with Crippen LogP contribution in [0.4, 0.5) is 5.82 Å². The van der Waals surface area contributed by atoms with Gasteiger partial charge >= 0.3 is 0 Å². The van der Waals surface area contributed by atoms with Crippen molar-refractivity contribution in [3.05, 3.63) is 75.9 Å². The molecule has 1 aliphatic rings. The van der Waals surface area contributed by atoms with Gasteiger partial charge in [0.15, 0.2) is 11.6 Å². The van der Waals surface area contributed by atoms with Gasteiger partial charge in [-0.2, -0.15) is 0 Å². The van der Waals surface area contributed by atoms with Crippen LogP contribution in [-0.2, 0) is 13.6 Å². The summed E-state index contributed by atoms with van der Waals surface area (Å²) in [5.41, 5.74) is 10.1. The second-order valence-electron chi connectivity index (χ2n) is 8.43. The molecule has 1 saturated heterocycles. The summed E-state index contributed by atoms with van der Waals surface area (Å²) in [7, 11) is 1.95. The molecule has 0 radical (unpaired) electrons. The van der Waals surface area contributed by atoms with E-state index in [2.05, 4.69) is 5.32 Å². The summed E-state index contributed by atoms with van der Waals surface area (Å²) in [5, 5.41) is 4.59. The molecule has 1 atom stereocenters. The van der Waals surface area contributed by atoms with Crippen LogP contribution < -0.4 is 11.1 Å². The molecule has 1 aliphatic heterocycles. The van der Waals surface area contributed by atoms with Crippen LogP contribution in [0, 0.1) is 0 Å². The molecule has 34 heavy (non-hydrogen) atoms. The zero-order chi connectivity index (χ0) is 23.8. The number of fused-ring (bicyclic) bond motifs is 1. The summed E-state index contributed by atoms with van der Waals surface area (Å²) in [6.45, 7) is 1.18. The van der Waals surface area contributed by atoms with Gasteiger partial charge in [0.1, 0.15) is 5.52 Å². The third kappa shape index (κ3) is 4.34. The number of aromatic nitrogens is 3. The molecule has 7 nitrogen and oxygen atoms in total. The maximum absolute atomic E-state index is 12.8. The largest absolute Gasteiger partial charge is 0.364 e. The number of nitrogens with one attached hydrogen (secondary N) is 1. The van der Waals surface area contributed by atoms with E-state index in [0.29, 0.717) is 40.3 Å². The quantitative estimate of drug-likeness (QED) is 0.403. The minimum atomic E-state index is -0.209. The molecule has 1 unspecified atom stereocenters. The Morgan fingerprint density at radius 2 is 1.94 bits per heavy atom. The molecule has 3 N–H and O–H groups in total. The number of carbonyl (C=O) groups is 1. The number of anilines is 1. The monoisotopic (exact) mass is 494 g/mol. The molecule has 3 heterocycles. The summed E-state index contributed by atoms with van der Waals surface area (Å²) < 4.78 is 1.98. The number of benzene rings is 2. The van der Waals surface area contributed by atoms with Crippen LogP contribution in [-0.4, -0.2) is 38.1 Å². The highest BCUT2D eigenvalue weighted by Crippen LogP contribution is 2.28. The van der Waals surface area contributed by atoms with E-state index in [-0.39, 0.29) is 12.1 Å². The second kappa shape index (κ2) is 9.25. The van der Waals surface area contributed by atoms with Crippen molar-refractivity contribution in [3.8, 4) is 11.4 Å². The van der Waals surface area contributed by atoms with Gasteiger partial charge in [0.25, 0.3) is 5.91 Å². The highest BCUT2D eigenvalue weighted by Gasteiger charge is 2.26. The fourth-order valence-corrected chi connectivity index (χ4v) is 4.74. The lowest BCUT2D eigenvalue weighted by molar-refractivity contribution is 0.0740. The van der Waals surface area contributed by atoms with Crippen molar-refractivity contribution >= 4 is 46.0 Å². The number of aryl methyl sites for hydroxylation is 1. The standard InChI is InChI=1S/C25H24Cl2N6O/c1-32-12-10-20-22(32)24(29-14-17-8-9-18(26)13-19(17)27)31-23(30-20)15-4-6-16(7-5-15)25(34)33-11-2-3-21(33)28/h4-10,12-13,21H,2-3,11,14,28H2,1H3,(H,29,30,31). The minimum Gasteiger partial charge on any atom is -0.364 e. The maximum Gasteiger partial charge on any atom is 0.255 e. The first-order valence-corrected chi connectivity index (χ1v) is 11.8. The third-order valence-electron chi connectivity index (χ3n) is 6.13. The Balaban J connectivity index is 1.44. The van der Waals surface area contributed by atoms with Crippen LogP contribution in [0.5, 0.6) is 0 Å². The first kappa shape index (κ1) is 22.7. The molecule has 2 aromatic heterocycles. The van der Waals surface area contributed by atoms with E-state index in [1.165, 1.54) is 0 Å². The van der Waals surface area contributed by atoms with Gasteiger partial charge in [-0.1, -0.05) is 41.4 Å². The van der Waals surface area contributed by atoms with Crippen LogP contribution in [0.3, 0.4) is 0 Å². The van der Waals surface area contributed by atoms with Crippen LogP contribution in [0.1, 0.15) is 28.8 Å². The van der Waals surface area contributed by atoms with E-state index in [9.17, 15) is 4.79 Å². The Bertz CT molecular complexity index is 1370. The number of likely N-dealkylation sites (tertiary alicyclic amines) is 1. The Labute approximate surface area is 207 Å². The number of rotatable bonds is 5. The van der Waals surface area contributed by atoms with Crippen molar-refractivity contribution in [2.75, 3.05) is 11.9 Å². The SMILES string of the molecule is Cn1ccc2nc(-c3ccc(C(=O)N4CCCC4N)cc3)nc(NCc3ccc(Cl)cc3Cl)c21. The van der Waals surface area contributed by atoms with Crippen LogP contribution in [0.25, 0.3) is 22.4 Å². The van der Waals surface area contributed by atoms with Gasteiger partial charge in [-0.3, -0.25) is 4.79 Å². The van der Waals surface area contributed by atoms with E-state index >= 15 is 0 Å². The summed E-state index contributed by atoms with van der Waals surface area (Å²) >= 11 is 12.4. The van der Waals surface area contributed by atoms with Crippen molar-refractivity contribution in [3.63, 3.8) is 0 Å². The van der Waals surface area contributed by atoms with Crippen LogP contribution in [0.2, 0.25) is 10.0 Å². The topological polar surface area (TPSA) is 89.1 Å². The number of hydrogen-bond donors (Lipinski definition) is 2. The van der Waals surface area contributed by atoms with Crippen molar-refractivity contribution in [2.45, 2.75) is 25.6 Å². The fraction of sp³-hybridized carbons (Fsp3) is 0.240. The molecule has 5 rings (SSSR count). The van der Waals surface area contributed by atoms with Gasteiger partial charge in [-0.25, -0.2) is 9.97 Å². The predicted molar refractivity (Wildman–Crippen MR) is 136 cm³/mol. The fourth-order valence-electron chi connectivity index (χ4n) is 4.26. The van der Waals surface area contributed by atoms with Crippen molar-refractivity contribution in [1.82, 2.24) is 19.4 Å². The zero-order valence-electron chi connectivity index (χ0n) is 18.6. The Kier molecular flexibility index (Phi) is 6.16.